The SMILES string of the molecule is COCCOC(=O)C1=C(C)Nc2nnnn2[C@H]1c1cccc(OC)c1OC. The van der Waals surface area contributed by atoms with Crippen LogP contribution in [0.15, 0.2) is 29.5 Å². The van der Waals surface area contributed by atoms with Gasteiger partial charge in [0.25, 0.3) is 0 Å². The molecule has 0 amide bonds. The molecular weight excluding hydrogens is 354 g/mol. The van der Waals surface area contributed by atoms with Gasteiger partial charge in [-0.25, -0.2) is 4.79 Å². The Balaban J connectivity index is 2.11. The first kappa shape index (κ1) is 18.6. The largest absolute Gasteiger partial charge is 0.493 e. The fourth-order valence-electron chi connectivity index (χ4n) is 2.99. The fraction of sp³-hybridized carbons (Fsp3) is 0.412. The third-order valence-corrected chi connectivity index (χ3v) is 4.18. The lowest BCUT2D eigenvalue weighted by atomic mass is 9.94. The van der Waals surface area contributed by atoms with Crippen LogP contribution < -0.4 is 14.8 Å². The smallest absolute Gasteiger partial charge is 0.338 e. The van der Waals surface area contributed by atoms with Crippen molar-refractivity contribution in [3.8, 4) is 11.5 Å². The summed E-state index contributed by atoms with van der Waals surface area (Å²) in [5, 5.41) is 14.7. The van der Waals surface area contributed by atoms with Gasteiger partial charge in [0, 0.05) is 18.4 Å². The Kier molecular flexibility index (Phi) is 5.55. The van der Waals surface area contributed by atoms with E-state index in [1.807, 2.05) is 12.1 Å². The first-order valence-corrected chi connectivity index (χ1v) is 8.25. The number of nitrogens with zero attached hydrogens (tertiary/aromatic N) is 4. The summed E-state index contributed by atoms with van der Waals surface area (Å²) in [6.45, 7) is 2.20. The van der Waals surface area contributed by atoms with Gasteiger partial charge in [-0.2, -0.15) is 4.68 Å². The molecule has 0 saturated carbocycles. The van der Waals surface area contributed by atoms with E-state index in [1.165, 1.54) is 18.9 Å². The Bertz CT molecular complexity index is 863. The van der Waals surface area contributed by atoms with Gasteiger partial charge in [-0.15, -0.1) is 0 Å². The summed E-state index contributed by atoms with van der Waals surface area (Å²) >= 11 is 0. The van der Waals surface area contributed by atoms with E-state index < -0.39 is 12.0 Å². The third kappa shape index (κ3) is 3.43. The van der Waals surface area contributed by atoms with Crippen LogP contribution in [-0.4, -0.2) is 60.7 Å². The number of fused-ring (bicyclic) bond motifs is 1. The molecule has 0 saturated heterocycles. The highest BCUT2D eigenvalue weighted by atomic mass is 16.6. The van der Waals surface area contributed by atoms with E-state index >= 15 is 0 Å². The topological polar surface area (TPSA) is 110 Å². The number of esters is 1. The molecule has 1 N–H and O–H groups in total. The second-order valence-electron chi connectivity index (χ2n) is 5.72. The number of carbonyl (C=O) groups excluding carboxylic acids is 1. The molecule has 0 aliphatic carbocycles. The minimum atomic E-state index is -0.642. The number of benzene rings is 1. The molecule has 144 valence electrons. The molecule has 0 bridgehead atoms. The molecule has 1 aliphatic rings. The number of methoxy groups -OCH3 is 3. The third-order valence-electron chi connectivity index (χ3n) is 4.18. The van der Waals surface area contributed by atoms with Crippen LogP contribution in [0.25, 0.3) is 0 Å². The predicted molar refractivity (Wildman–Crippen MR) is 94.7 cm³/mol. The lowest BCUT2D eigenvalue weighted by molar-refractivity contribution is -0.140. The molecular formula is C17H21N5O5. The van der Waals surface area contributed by atoms with Gasteiger partial charge in [0.2, 0.25) is 5.95 Å². The van der Waals surface area contributed by atoms with Crippen LogP contribution in [0.2, 0.25) is 0 Å². The van der Waals surface area contributed by atoms with Crippen molar-refractivity contribution in [2.24, 2.45) is 0 Å². The molecule has 10 nitrogen and oxygen atoms in total. The van der Waals surface area contributed by atoms with E-state index in [4.69, 9.17) is 18.9 Å². The number of carbonyl (C=O) groups is 1. The normalized spacial score (nSPS) is 15.8. The van der Waals surface area contributed by atoms with Gasteiger partial charge in [0.15, 0.2) is 11.5 Å². The van der Waals surface area contributed by atoms with Gasteiger partial charge in [-0.3, -0.25) is 0 Å². The Morgan fingerprint density at radius 2 is 2.04 bits per heavy atom. The number of ether oxygens (including phenoxy) is 4. The maximum absolute atomic E-state index is 12.8. The number of allylic oxidation sites excluding steroid dienone is 1. The number of aromatic nitrogens is 4. The number of hydrogen-bond acceptors (Lipinski definition) is 9. The molecule has 3 rings (SSSR count). The van der Waals surface area contributed by atoms with Gasteiger partial charge in [-0.05, 0) is 23.4 Å². The number of nitrogens with one attached hydrogen (secondary N) is 1. The molecule has 10 heteroatoms. The number of anilines is 1. The average molecular weight is 375 g/mol. The van der Waals surface area contributed by atoms with E-state index in [0.717, 1.165) is 0 Å². The van der Waals surface area contributed by atoms with Gasteiger partial charge in [-0.1, -0.05) is 17.2 Å². The summed E-state index contributed by atoms with van der Waals surface area (Å²) in [6.07, 6.45) is 0. The van der Waals surface area contributed by atoms with Crippen molar-refractivity contribution in [3.05, 3.63) is 35.0 Å². The van der Waals surface area contributed by atoms with Crippen LogP contribution in [0.5, 0.6) is 11.5 Å². The molecule has 2 aromatic rings. The second-order valence-corrected chi connectivity index (χ2v) is 5.72. The highest BCUT2D eigenvalue weighted by Gasteiger charge is 2.37. The molecule has 2 heterocycles. The summed E-state index contributed by atoms with van der Waals surface area (Å²) in [4.78, 5) is 12.8. The van der Waals surface area contributed by atoms with Crippen LogP contribution in [0, 0.1) is 0 Å². The number of para-hydroxylation sites is 1. The zero-order valence-corrected chi connectivity index (χ0v) is 15.6. The Morgan fingerprint density at radius 1 is 1.22 bits per heavy atom. The summed E-state index contributed by atoms with van der Waals surface area (Å²) in [7, 11) is 4.63. The molecule has 1 atom stereocenters. The van der Waals surface area contributed by atoms with Gasteiger partial charge in [0.1, 0.15) is 12.6 Å². The zero-order chi connectivity index (χ0) is 19.4. The summed E-state index contributed by atoms with van der Waals surface area (Å²) in [5.74, 6) is 0.945. The minimum Gasteiger partial charge on any atom is -0.493 e. The quantitative estimate of drug-likeness (QED) is 0.563. The molecule has 1 aromatic heterocycles. The predicted octanol–water partition coefficient (Wildman–Crippen LogP) is 1.17. The Labute approximate surface area is 156 Å². The number of hydrogen-bond donors (Lipinski definition) is 1. The van der Waals surface area contributed by atoms with Gasteiger partial charge >= 0.3 is 5.97 Å². The molecule has 0 radical (unpaired) electrons. The van der Waals surface area contributed by atoms with E-state index in [9.17, 15) is 4.79 Å². The van der Waals surface area contributed by atoms with Crippen molar-refractivity contribution in [2.45, 2.75) is 13.0 Å². The first-order chi connectivity index (χ1) is 13.1. The summed E-state index contributed by atoms with van der Waals surface area (Å²) < 4.78 is 22.7. The van der Waals surface area contributed by atoms with Crippen LogP contribution >= 0.6 is 0 Å². The molecule has 0 spiro atoms. The van der Waals surface area contributed by atoms with Crippen molar-refractivity contribution in [2.75, 3.05) is 39.9 Å². The van der Waals surface area contributed by atoms with Crippen LogP contribution in [0.3, 0.4) is 0 Å². The van der Waals surface area contributed by atoms with Gasteiger partial charge in [0.05, 0.1) is 26.4 Å². The van der Waals surface area contributed by atoms with E-state index in [2.05, 4.69) is 20.8 Å². The van der Waals surface area contributed by atoms with Crippen LogP contribution in [0.1, 0.15) is 18.5 Å². The first-order valence-electron chi connectivity index (χ1n) is 8.25. The highest BCUT2D eigenvalue weighted by Crippen LogP contribution is 2.42. The molecule has 1 aliphatic heterocycles. The van der Waals surface area contributed by atoms with Crippen molar-refractivity contribution >= 4 is 11.9 Å². The fourth-order valence-corrected chi connectivity index (χ4v) is 2.99. The lowest BCUT2D eigenvalue weighted by Crippen LogP contribution is -2.30. The molecule has 27 heavy (non-hydrogen) atoms. The Morgan fingerprint density at radius 3 is 2.74 bits per heavy atom. The van der Waals surface area contributed by atoms with E-state index in [0.29, 0.717) is 40.9 Å². The van der Waals surface area contributed by atoms with Crippen LogP contribution in [0.4, 0.5) is 5.95 Å². The van der Waals surface area contributed by atoms with E-state index in [1.54, 1.807) is 20.1 Å². The van der Waals surface area contributed by atoms with E-state index in [-0.39, 0.29) is 6.61 Å². The number of tetrazole rings is 1. The van der Waals surface area contributed by atoms with Crippen LogP contribution in [-0.2, 0) is 14.3 Å². The average Bonchev–Trinajstić information content (AvgIpc) is 3.14. The highest BCUT2D eigenvalue weighted by molar-refractivity contribution is 5.92. The van der Waals surface area contributed by atoms with Crippen molar-refractivity contribution < 1.29 is 23.7 Å². The summed E-state index contributed by atoms with van der Waals surface area (Å²) in [5.41, 5.74) is 1.64. The Hall–Kier alpha value is -3.14. The molecule has 0 fully saturated rings. The maximum atomic E-state index is 12.8. The van der Waals surface area contributed by atoms with Gasteiger partial charge < -0.3 is 24.3 Å². The standard InChI is InChI=1S/C17H21N5O5/c1-10-13(16(23)27-9-8-24-2)14(22-17(18-10)19-20-21-22)11-6-5-7-12(25-3)15(11)26-4/h5-7,14H,8-9H2,1-4H3,(H,18,19,21)/t14-/m0/s1. The monoisotopic (exact) mass is 375 g/mol. The lowest BCUT2D eigenvalue weighted by Gasteiger charge is -2.28. The summed E-state index contributed by atoms with van der Waals surface area (Å²) in [6, 6.07) is 4.78. The van der Waals surface area contributed by atoms with Crippen molar-refractivity contribution in [3.63, 3.8) is 0 Å². The van der Waals surface area contributed by atoms with Crippen molar-refractivity contribution in [1.82, 2.24) is 20.2 Å². The maximum Gasteiger partial charge on any atom is 0.338 e. The second kappa shape index (κ2) is 8.04. The molecule has 1 aromatic carbocycles. The van der Waals surface area contributed by atoms with Crippen molar-refractivity contribution in [1.29, 1.82) is 0 Å². The zero-order valence-electron chi connectivity index (χ0n) is 15.6. The minimum absolute atomic E-state index is 0.135. The number of rotatable bonds is 7. The molecule has 0 unspecified atom stereocenters.